The third kappa shape index (κ3) is 4.58. The van der Waals surface area contributed by atoms with Gasteiger partial charge >= 0.3 is 6.09 Å². The van der Waals surface area contributed by atoms with Crippen LogP contribution in [0.25, 0.3) is 0 Å². The molecule has 2 unspecified atom stereocenters. The Bertz CT molecular complexity index is 1230. The van der Waals surface area contributed by atoms with Crippen LogP contribution >= 0.6 is 0 Å². The molecule has 1 amide bonds. The lowest BCUT2D eigenvalue weighted by Gasteiger charge is -2.32. The van der Waals surface area contributed by atoms with Gasteiger partial charge in [-0.05, 0) is 94.7 Å². The highest BCUT2D eigenvalue weighted by Gasteiger charge is 2.43. The van der Waals surface area contributed by atoms with Gasteiger partial charge in [-0.15, -0.1) is 0 Å². The van der Waals surface area contributed by atoms with E-state index in [9.17, 15) is 14.4 Å². The van der Waals surface area contributed by atoms with Crippen molar-refractivity contribution in [2.24, 2.45) is 11.8 Å². The first-order valence-corrected chi connectivity index (χ1v) is 12.6. The molecule has 0 radical (unpaired) electrons. The maximum Gasteiger partial charge on any atom is 0.414 e. The first-order valence-electron chi connectivity index (χ1n) is 12.6. The number of ether oxygens (including phenoxy) is 1. The van der Waals surface area contributed by atoms with Crippen LogP contribution in [0.3, 0.4) is 0 Å². The predicted molar refractivity (Wildman–Crippen MR) is 137 cm³/mol. The number of nitrogens with zero attached hydrogens (tertiary/aromatic N) is 1. The zero-order chi connectivity index (χ0) is 25.1. The maximum atomic E-state index is 13.2. The van der Waals surface area contributed by atoms with Crippen LogP contribution in [0.2, 0.25) is 0 Å². The maximum absolute atomic E-state index is 13.2. The van der Waals surface area contributed by atoms with E-state index < -0.39 is 11.7 Å². The average Bonchev–Trinajstić information content (AvgIpc) is 3.54. The van der Waals surface area contributed by atoms with Crippen LogP contribution in [-0.4, -0.2) is 36.4 Å². The van der Waals surface area contributed by atoms with Crippen molar-refractivity contribution in [1.82, 2.24) is 0 Å². The fourth-order valence-electron chi connectivity index (χ4n) is 5.54. The van der Waals surface area contributed by atoms with Crippen molar-refractivity contribution in [3.8, 4) is 0 Å². The molecule has 1 saturated carbocycles. The number of aryl methyl sites for hydroxylation is 2. The van der Waals surface area contributed by atoms with E-state index in [1.54, 1.807) is 4.90 Å². The van der Waals surface area contributed by atoms with Gasteiger partial charge in [0.15, 0.2) is 11.6 Å². The second-order valence-electron chi connectivity index (χ2n) is 11.4. The largest absolute Gasteiger partial charge is 0.443 e. The van der Waals surface area contributed by atoms with Gasteiger partial charge in [-0.3, -0.25) is 14.5 Å². The van der Waals surface area contributed by atoms with Gasteiger partial charge in [0, 0.05) is 42.2 Å². The van der Waals surface area contributed by atoms with E-state index in [2.05, 4.69) is 5.32 Å². The Hall–Kier alpha value is -3.15. The van der Waals surface area contributed by atoms with Gasteiger partial charge in [0.1, 0.15) is 5.60 Å². The lowest BCUT2D eigenvalue weighted by atomic mass is 9.86. The van der Waals surface area contributed by atoms with E-state index in [1.807, 2.05) is 65.0 Å². The minimum absolute atomic E-state index is 0.0305. The summed E-state index contributed by atoms with van der Waals surface area (Å²) in [6, 6.07) is 9.96. The number of hydrogen-bond donors (Lipinski definition) is 1. The molecule has 6 nitrogen and oxygen atoms in total. The number of carbonyl (C=O) groups is 3. The van der Waals surface area contributed by atoms with E-state index in [1.165, 1.54) is 5.56 Å². The van der Waals surface area contributed by atoms with Gasteiger partial charge in [0.25, 0.3) is 0 Å². The molecule has 6 heteroatoms. The summed E-state index contributed by atoms with van der Waals surface area (Å²) in [4.78, 5) is 40.3. The topological polar surface area (TPSA) is 75.7 Å². The first-order chi connectivity index (χ1) is 16.5. The van der Waals surface area contributed by atoms with Crippen molar-refractivity contribution in [2.75, 3.05) is 23.3 Å². The normalized spacial score (nSPS) is 23.3. The van der Waals surface area contributed by atoms with E-state index in [4.69, 9.17) is 4.74 Å². The molecule has 0 saturated heterocycles. The van der Waals surface area contributed by atoms with E-state index in [0.717, 1.165) is 35.2 Å². The van der Waals surface area contributed by atoms with Crippen LogP contribution in [-0.2, 0) is 4.74 Å². The highest BCUT2D eigenvalue weighted by molar-refractivity contribution is 6.08. The lowest BCUT2D eigenvalue weighted by Crippen LogP contribution is -2.41. The Morgan fingerprint density at radius 1 is 1.11 bits per heavy atom. The molecule has 0 aromatic heterocycles. The Balaban J connectivity index is 1.35. The van der Waals surface area contributed by atoms with Gasteiger partial charge in [-0.1, -0.05) is 11.6 Å². The molecule has 5 rings (SSSR count). The Kier molecular flexibility index (Phi) is 5.73. The Labute approximate surface area is 207 Å². The van der Waals surface area contributed by atoms with Crippen LogP contribution in [0.15, 0.2) is 30.3 Å². The molecule has 0 spiro atoms. The van der Waals surface area contributed by atoms with Crippen molar-refractivity contribution < 1.29 is 19.1 Å². The number of anilines is 2. The number of hydrogen-bond acceptors (Lipinski definition) is 5. The van der Waals surface area contributed by atoms with Gasteiger partial charge < -0.3 is 10.1 Å². The summed E-state index contributed by atoms with van der Waals surface area (Å²) in [5, 5.41) is 3.44. The summed E-state index contributed by atoms with van der Waals surface area (Å²) in [6.45, 7) is 10.6. The van der Waals surface area contributed by atoms with E-state index >= 15 is 0 Å². The molecule has 3 aliphatic rings. The zero-order valence-electron chi connectivity index (χ0n) is 21.2. The van der Waals surface area contributed by atoms with Crippen LogP contribution in [0.5, 0.6) is 0 Å². The number of carbonyl (C=O) groups excluding carboxylic acids is 3. The molecule has 0 bridgehead atoms. The van der Waals surface area contributed by atoms with Gasteiger partial charge in [-0.2, -0.15) is 0 Å². The highest BCUT2D eigenvalue weighted by atomic mass is 16.6. The molecule has 1 fully saturated rings. The summed E-state index contributed by atoms with van der Waals surface area (Å²) in [5.41, 5.74) is 5.72. The molecule has 184 valence electrons. The van der Waals surface area contributed by atoms with Crippen molar-refractivity contribution in [3.63, 3.8) is 0 Å². The molecule has 35 heavy (non-hydrogen) atoms. The van der Waals surface area contributed by atoms with Gasteiger partial charge in [0.2, 0.25) is 0 Å². The first kappa shape index (κ1) is 23.6. The summed E-state index contributed by atoms with van der Waals surface area (Å²) in [6.07, 6.45) is 1.75. The van der Waals surface area contributed by atoms with Crippen molar-refractivity contribution >= 4 is 29.0 Å². The van der Waals surface area contributed by atoms with E-state index in [-0.39, 0.29) is 17.5 Å². The molecule has 2 aromatic rings. The fourth-order valence-corrected chi connectivity index (χ4v) is 5.54. The van der Waals surface area contributed by atoms with Crippen LogP contribution in [0, 0.1) is 25.7 Å². The van der Waals surface area contributed by atoms with E-state index in [0.29, 0.717) is 42.6 Å². The smallest absolute Gasteiger partial charge is 0.414 e. The summed E-state index contributed by atoms with van der Waals surface area (Å²) >= 11 is 0. The fraction of sp³-hybridized carbons (Fsp3) is 0.483. The summed E-state index contributed by atoms with van der Waals surface area (Å²) in [7, 11) is 0. The van der Waals surface area contributed by atoms with Crippen molar-refractivity contribution in [1.29, 1.82) is 0 Å². The average molecular weight is 475 g/mol. The van der Waals surface area contributed by atoms with Gasteiger partial charge in [-0.25, -0.2) is 4.79 Å². The standard InChI is InChI=1S/C29H34N2O4/c1-16-6-7-24-22(10-16)27(33)19(15-30-24)12-18-13-21(18)20-14-25-23(11-17(20)2)26(32)8-9-31(25)28(34)35-29(3,4)5/h6-7,10-11,14,18-19,21,30H,8-9,12-13,15H2,1-5H3/t18?,19?,21-/m0/s1. The predicted octanol–water partition coefficient (Wildman–Crippen LogP) is 6.05. The number of nitrogens with one attached hydrogen (secondary N) is 1. The van der Waals surface area contributed by atoms with Gasteiger partial charge in [0.05, 0.1) is 5.69 Å². The lowest BCUT2D eigenvalue weighted by molar-refractivity contribution is 0.0577. The quantitative estimate of drug-likeness (QED) is 0.586. The van der Waals surface area contributed by atoms with Crippen molar-refractivity contribution in [2.45, 2.75) is 65.4 Å². The molecular weight excluding hydrogens is 440 g/mol. The highest BCUT2D eigenvalue weighted by Crippen LogP contribution is 2.53. The van der Waals surface area contributed by atoms with Crippen LogP contribution in [0.4, 0.5) is 16.2 Å². The Morgan fingerprint density at radius 2 is 1.89 bits per heavy atom. The molecule has 2 heterocycles. The minimum atomic E-state index is -0.606. The molecular formula is C29H34N2O4. The molecule has 1 aliphatic carbocycles. The number of rotatable bonds is 3. The Morgan fingerprint density at radius 3 is 2.63 bits per heavy atom. The number of ketones is 2. The number of Topliss-reactive ketones (excluding diaryl/α,β-unsaturated/α-hetero) is 2. The van der Waals surface area contributed by atoms with Crippen LogP contribution < -0.4 is 10.2 Å². The monoisotopic (exact) mass is 474 g/mol. The third-order valence-electron chi connectivity index (χ3n) is 7.41. The summed E-state index contributed by atoms with van der Waals surface area (Å²) in [5.74, 6) is 1.02. The second kappa shape index (κ2) is 8.51. The zero-order valence-corrected chi connectivity index (χ0v) is 21.2. The molecule has 1 N–H and O–H groups in total. The second-order valence-corrected chi connectivity index (χ2v) is 11.4. The number of benzene rings is 2. The third-order valence-corrected chi connectivity index (χ3v) is 7.41. The molecule has 3 atom stereocenters. The SMILES string of the molecule is Cc1ccc2c(c1)C(=O)C(CC1C[C@@H]1c1cc3c(cc1C)C(=O)CCN3C(=O)OC(C)(C)C)CN2. The van der Waals surface area contributed by atoms with Crippen molar-refractivity contribution in [3.05, 3.63) is 58.1 Å². The molecule has 2 aromatic carbocycles. The minimum Gasteiger partial charge on any atom is -0.443 e. The molecule has 2 aliphatic heterocycles. The number of amides is 1. The number of fused-ring (bicyclic) bond motifs is 2. The summed E-state index contributed by atoms with van der Waals surface area (Å²) < 4.78 is 5.62. The van der Waals surface area contributed by atoms with Crippen LogP contribution in [0.1, 0.15) is 83.4 Å².